The van der Waals surface area contributed by atoms with Gasteiger partial charge in [-0.3, -0.25) is 4.79 Å². The topological polar surface area (TPSA) is 55.1 Å². The van der Waals surface area contributed by atoms with Crippen molar-refractivity contribution in [2.45, 2.75) is 51.5 Å². The maximum atomic E-state index is 12.7. The van der Waals surface area contributed by atoms with Crippen LogP contribution in [-0.4, -0.2) is 18.0 Å². The summed E-state index contributed by atoms with van der Waals surface area (Å²) in [6.07, 6.45) is 1.48. The van der Waals surface area contributed by atoms with Gasteiger partial charge in [-0.15, -0.1) is 0 Å². The second-order valence-corrected chi connectivity index (χ2v) is 6.40. The molecule has 0 aliphatic rings. The zero-order valence-electron chi connectivity index (χ0n) is 12.8. The van der Waals surface area contributed by atoms with Crippen molar-refractivity contribution >= 4 is 17.5 Å². The van der Waals surface area contributed by atoms with Crippen LogP contribution in [0.5, 0.6) is 0 Å². The van der Waals surface area contributed by atoms with E-state index in [0.29, 0.717) is 11.6 Å². The number of hydrogen-bond acceptors (Lipinski definition) is 2. The van der Waals surface area contributed by atoms with Crippen molar-refractivity contribution in [1.29, 1.82) is 0 Å². The first kappa shape index (κ1) is 17.0. The number of carbonyl (C=O) groups is 1. The molecule has 0 heterocycles. The van der Waals surface area contributed by atoms with E-state index < -0.39 is 11.0 Å². The predicted octanol–water partition coefficient (Wildman–Crippen LogP) is 3.25. The van der Waals surface area contributed by atoms with Crippen LogP contribution in [0.1, 0.15) is 46.1 Å². The van der Waals surface area contributed by atoms with Crippen LogP contribution in [-0.2, 0) is 10.2 Å². The molecule has 1 aromatic rings. The Bertz CT molecular complexity index is 445. The average molecular weight is 297 g/mol. The minimum atomic E-state index is -0.518. The first-order valence-electron chi connectivity index (χ1n) is 7.08. The summed E-state index contributed by atoms with van der Waals surface area (Å²) < 4.78 is 0. The van der Waals surface area contributed by atoms with Gasteiger partial charge in [-0.1, -0.05) is 37.6 Å². The molecule has 3 N–H and O–H groups in total. The van der Waals surface area contributed by atoms with Crippen LogP contribution in [0.2, 0.25) is 5.02 Å². The number of halogens is 1. The van der Waals surface area contributed by atoms with Crippen LogP contribution in [0.15, 0.2) is 24.3 Å². The van der Waals surface area contributed by atoms with E-state index in [4.69, 9.17) is 17.3 Å². The molecule has 0 fully saturated rings. The van der Waals surface area contributed by atoms with E-state index in [1.165, 1.54) is 0 Å². The molecule has 112 valence electrons. The summed E-state index contributed by atoms with van der Waals surface area (Å²) in [4.78, 5) is 12.7. The van der Waals surface area contributed by atoms with Gasteiger partial charge in [0.15, 0.2) is 0 Å². The molecule has 0 bridgehead atoms. The summed E-state index contributed by atoms with van der Waals surface area (Å²) in [6.45, 7) is 8.32. The molecule has 0 atom stereocenters. The highest BCUT2D eigenvalue weighted by atomic mass is 35.5. The van der Waals surface area contributed by atoms with Crippen LogP contribution >= 0.6 is 11.6 Å². The van der Waals surface area contributed by atoms with Gasteiger partial charge < -0.3 is 11.1 Å². The SMILES string of the molecule is CCC(CC)(C(=O)NCC(C)(C)N)c1ccc(Cl)cc1. The van der Waals surface area contributed by atoms with Crippen molar-refractivity contribution < 1.29 is 4.79 Å². The number of nitrogens with one attached hydrogen (secondary N) is 1. The molecular formula is C16H25ClN2O. The molecule has 3 nitrogen and oxygen atoms in total. The highest BCUT2D eigenvalue weighted by molar-refractivity contribution is 6.30. The number of carbonyl (C=O) groups excluding carboxylic acids is 1. The third-order valence-corrected chi connectivity index (χ3v) is 4.00. The summed E-state index contributed by atoms with van der Waals surface area (Å²) in [6, 6.07) is 7.53. The smallest absolute Gasteiger partial charge is 0.230 e. The second kappa shape index (κ2) is 6.59. The number of hydrogen-bond donors (Lipinski definition) is 2. The molecule has 1 amide bonds. The molecule has 1 rings (SSSR count). The van der Waals surface area contributed by atoms with E-state index in [2.05, 4.69) is 5.32 Å². The highest BCUT2D eigenvalue weighted by Gasteiger charge is 2.36. The third kappa shape index (κ3) is 3.97. The average Bonchev–Trinajstić information content (AvgIpc) is 2.39. The maximum Gasteiger partial charge on any atom is 0.230 e. The Labute approximate surface area is 126 Å². The standard InChI is InChI=1S/C16H25ClN2O/c1-5-16(6-2,12-7-9-13(17)10-8-12)14(20)19-11-15(3,4)18/h7-10H,5-6,11,18H2,1-4H3,(H,19,20). The van der Waals surface area contributed by atoms with E-state index in [1.54, 1.807) is 0 Å². The van der Waals surface area contributed by atoms with Crippen LogP contribution in [0.25, 0.3) is 0 Å². The molecule has 0 aromatic heterocycles. The minimum Gasteiger partial charge on any atom is -0.354 e. The fourth-order valence-corrected chi connectivity index (χ4v) is 2.48. The van der Waals surface area contributed by atoms with Gasteiger partial charge in [0.2, 0.25) is 5.91 Å². The van der Waals surface area contributed by atoms with E-state index >= 15 is 0 Å². The fourth-order valence-electron chi connectivity index (χ4n) is 2.36. The summed E-state index contributed by atoms with van der Waals surface area (Å²) >= 11 is 5.93. The van der Waals surface area contributed by atoms with Crippen LogP contribution in [0, 0.1) is 0 Å². The molecular weight excluding hydrogens is 272 g/mol. The van der Waals surface area contributed by atoms with Crippen molar-refractivity contribution in [1.82, 2.24) is 5.32 Å². The molecule has 0 radical (unpaired) electrons. The number of benzene rings is 1. The lowest BCUT2D eigenvalue weighted by Crippen LogP contribution is -2.51. The summed E-state index contributed by atoms with van der Waals surface area (Å²) in [5.41, 5.74) is 6.00. The van der Waals surface area contributed by atoms with Gasteiger partial charge in [-0.2, -0.15) is 0 Å². The first-order valence-corrected chi connectivity index (χ1v) is 7.46. The molecule has 0 spiro atoms. The number of amides is 1. The third-order valence-electron chi connectivity index (χ3n) is 3.74. The van der Waals surface area contributed by atoms with E-state index in [9.17, 15) is 4.79 Å². The van der Waals surface area contributed by atoms with Crippen molar-refractivity contribution in [2.24, 2.45) is 5.73 Å². The van der Waals surface area contributed by atoms with Crippen molar-refractivity contribution in [3.05, 3.63) is 34.9 Å². The monoisotopic (exact) mass is 296 g/mol. The minimum absolute atomic E-state index is 0.0309. The van der Waals surface area contributed by atoms with Crippen molar-refractivity contribution in [2.75, 3.05) is 6.54 Å². The Hall–Kier alpha value is -1.06. The molecule has 0 unspecified atom stereocenters. The summed E-state index contributed by atoms with van der Waals surface area (Å²) in [7, 11) is 0. The zero-order chi connectivity index (χ0) is 15.4. The van der Waals surface area contributed by atoms with Crippen molar-refractivity contribution in [3.8, 4) is 0 Å². The van der Waals surface area contributed by atoms with Crippen LogP contribution in [0.3, 0.4) is 0 Å². The number of nitrogens with two attached hydrogens (primary N) is 1. The van der Waals surface area contributed by atoms with Gasteiger partial charge in [-0.05, 0) is 44.4 Å². The number of rotatable bonds is 6. The lowest BCUT2D eigenvalue weighted by molar-refractivity contribution is -0.127. The molecule has 1 aromatic carbocycles. The van der Waals surface area contributed by atoms with Crippen LogP contribution < -0.4 is 11.1 Å². The van der Waals surface area contributed by atoms with E-state index in [0.717, 1.165) is 18.4 Å². The Kier molecular flexibility index (Phi) is 5.60. The molecule has 0 saturated heterocycles. The zero-order valence-corrected chi connectivity index (χ0v) is 13.6. The quantitative estimate of drug-likeness (QED) is 0.846. The predicted molar refractivity (Wildman–Crippen MR) is 85.0 cm³/mol. The van der Waals surface area contributed by atoms with E-state index in [-0.39, 0.29) is 5.91 Å². The molecule has 4 heteroatoms. The molecule has 0 aliphatic heterocycles. The molecule has 0 aliphatic carbocycles. The first-order chi connectivity index (χ1) is 9.25. The fraction of sp³-hybridized carbons (Fsp3) is 0.562. The molecule has 0 saturated carbocycles. The Morgan fingerprint density at radius 3 is 2.10 bits per heavy atom. The Morgan fingerprint density at radius 2 is 1.70 bits per heavy atom. The van der Waals surface area contributed by atoms with Crippen LogP contribution in [0.4, 0.5) is 0 Å². The van der Waals surface area contributed by atoms with Gasteiger partial charge in [0.25, 0.3) is 0 Å². The van der Waals surface area contributed by atoms with Gasteiger partial charge in [-0.25, -0.2) is 0 Å². The van der Waals surface area contributed by atoms with Gasteiger partial charge in [0, 0.05) is 17.1 Å². The highest BCUT2D eigenvalue weighted by Crippen LogP contribution is 2.32. The lowest BCUT2D eigenvalue weighted by Gasteiger charge is -2.32. The van der Waals surface area contributed by atoms with E-state index in [1.807, 2.05) is 52.0 Å². The molecule has 20 heavy (non-hydrogen) atoms. The van der Waals surface area contributed by atoms with Crippen molar-refractivity contribution in [3.63, 3.8) is 0 Å². The second-order valence-electron chi connectivity index (χ2n) is 5.97. The summed E-state index contributed by atoms with van der Waals surface area (Å²) in [5.74, 6) is 0.0309. The Balaban J connectivity index is 3.02. The maximum absolute atomic E-state index is 12.7. The van der Waals surface area contributed by atoms with Gasteiger partial charge >= 0.3 is 0 Å². The lowest BCUT2D eigenvalue weighted by atomic mass is 9.75. The normalized spacial score (nSPS) is 12.3. The largest absolute Gasteiger partial charge is 0.354 e. The van der Waals surface area contributed by atoms with Gasteiger partial charge in [0.1, 0.15) is 0 Å². The Morgan fingerprint density at radius 1 is 1.20 bits per heavy atom. The summed E-state index contributed by atoms with van der Waals surface area (Å²) in [5, 5.41) is 3.66. The van der Waals surface area contributed by atoms with Gasteiger partial charge in [0.05, 0.1) is 5.41 Å².